The summed E-state index contributed by atoms with van der Waals surface area (Å²) in [5.41, 5.74) is 4.05. The molecule has 1 aliphatic heterocycles. The van der Waals surface area contributed by atoms with Gasteiger partial charge in [-0.1, -0.05) is 30.3 Å². The van der Waals surface area contributed by atoms with Crippen LogP contribution < -0.4 is 5.32 Å². The first kappa shape index (κ1) is 21.8. The standard InChI is InChI=1S/C26H25N5O3S/c32-24(27-18-9-10-18)21-15-35-25(30-21)17-8-11-19-20(13-17)29-23(28-19)22-7-4-12-31(22)26(33)34-14-16-5-2-1-3-6-16/h1-3,5-6,8,11,13,15,18,22H,4,7,9-10,12,14H2,(H,27,32)(H,28,29). The van der Waals surface area contributed by atoms with Crippen molar-refractivity contribution in [2.24, 2.45) is 0 Å². The number of hydrogen-bond donors (Lipinski definition) is 2. The van der Waals surface area contributed by atoms with Crippen molar-refractivity contribution < 1.29 is 14.3 Å². The van der Waals surface area contributed by atoms with Gasteiger partial charge in [-0.2, -0.15) is 0 Å². The van der Waals surface area contributed by atoms with Crippen LogP contribution in [-0.4, -0.2) is 44.4 Å². The van der Waals surface area contributed by atoms with Gasteiger partial charge in [-0.25, -0.2) is 14.8 Å². The number of H-pyrrole nitrogens is 1. The summed E-state index contributed by atoms with van der Waals surface area (Å²) in [6.45, 7) is 0.895. The number of thiazole rings is 1. The number of amides is 2. The van der Waals surface area contributed by atoms with Crippen LogP contribution in [-0.2, 0) is 11.3 Å². The van der Waals surface area contributed by atoms with Gasteiger partial charge in [0.2, 0.25) is 0 Å². The van der Waals surface area contributed by atoms with Crippen molar-refractivity contribution in [1.29, 1.82) is 0 Å². The molecule has 1 atom stereocenters. The fraction of sp³-hybridized carbons (Fsp3) is 0.308. The molecule has 2 aromatic heterocycles. The number of nitrogens with zero attached hydrogens (tertiary/aromatic N) is 3. The minimum Gasteiger partial charge on any atom is -0.445 e. The second kappa shape index (κ2) is 9.14. The lowest BCUT2D eigenvalue weighted by Crippen LogP contribution is -2.31. The molecule has 0 spiro atoms. The molecule has 2 aliphatic rings. The maximum Gasteiger partial charge on any atom is 0.410 e. The van der Waals surface area contributed by atoms with Gasteiger partial charge >= 0.3 is 6.09 Å². The van der Waals surface area contributed by atoms with Gasteiger partial charge in [0.05, 0.1) is 17.1 Å². The molecule has 4 aromatic rings. The van der Waals surface area contributed by atoms with E-state index in [1.807, 2.05) is 48.5 Å². The summed E-state index contributed by atoms with van der Waals surface area (Å²) in [4.78, 5) is 39.6. The predicted molar refractivity (Wildman–Crippen MR) is 133 cm³/mol. The van der Waals surface area contributed by atoms with Gasteiger partial charge in [-0.15, -0.1) is 11.3 Å². The molecule has 178 valence electrons. The maximum absolute atomic E-state index is 12.8. The summed E-state index contributed by atoms with van der Waals surface area (Å²) in [5.74, 6) is 0.648. The average molecular weight is 488 g/mol. The fourth-order valence-corrected chi connectivity index (χ4v) is 5.19. The zero-order valence-corrected chi connectivity index (χ0v) is 19.9. The highest BCUT2D eigenvalue weighted by molar-refractivity contribution is 7.13. The minimum atomic E-state index is -0.322. The van der Waals surface area contributed by atoms with Crippen molar-refractivity contribution in [3.63, 3.8) is 0 Å². The number of imidazole rings is 1. The monoisotopic (exact) mass is 487 g/mol. The van der Waals surface area contributed by atoms with Gasteiger partial charge in [0.25, 0.3) is 5.91 Å². The third kappa shape index (κ3) is 4.64. The molecule has 2 aromatic carbocycles. The molecule has 35 heavy (non-hydrogen) atoms. The van der Waals surface area contributed by atoms with Crippen LogP contribution in [0.1, 0.15) is 53.6 Å². The van der Waals surface area contributed by atoms with E-state index in [4.69, 9.17) is 9.72 Å². The topological polar surface area (TPSA) is 100 Å². The molecular weight excluding hydrogens is 462 g/mol. The van der Waals surface area contributed by atoms with Crippen molar-refractivity contribution in [1.82, 2.24) is 25.2 Å². The first-order valence-electron chi connectivity index (χ1n) is 11.9. The summed E-state index contributed by atoms with van der Waals surface area (Å²) >= 11 is 1.45. The lowest BCUT2D eigenvalue weighted by Gasteiger charge is -2.22. The van der Waals surface area contributed by atoms with Crippen LogP contribution in [0.5, 0.6) is 0 Å². The minimum absolute atomic E-state index is 0.111. The van der Waals surface area contributed by atoms with Crippen LogP contribution >= 0.6 is 11.3 Å². The third-order valence-electron chi connectivity index (χ3n) is 6.40. The molecule has 9 heteroatoms. The average Bonchev–Trinajstić information content (AvgIpc) is 3.28. The Morgan fingerprint density at radius 3 is 2.80 bits per heavy atom. The first-order valence-corrected chi connectivity index (χ1v) is 12.8. The highest BCUT2D eigenvalue weighted by atomic mass is 32.1. The second-order valence-corrected chi connectivity index (χ2v) is 9.89. The van der Waals surface area contributed by atoms with E-state index >= 15 is 0 Å². The Bertz CT molecular complexity index is 1380. The van der Waals surface area contributed by atoms with Crippen LogP contribution in [0, 0.1) is 0 Å². The molecular formula is C26H25N5O3S. The number of rotatable bonds is 6. The summed E-state index contributed by atoms with van der Waals surface area (Å²) in [6, 6.07) is 15.8. The Morgan fingerprint density at radius 1 is 1.11 bits per heavy atom. The molecule has 0 radical (unpaired) electrons. The van der Waals surface area contributed by atoms with Crippen LogP contribution in [0.15, 0.2) is 53.9 Å². The van der Waals surface area contributed by atoms with Gasteiger partial charge in [0, 0.05) is 23.5 Å². The van der Waals surface area contributed by atoms with E-state index in [0.29, 0.717) is 18.3 Å². The van der Waals surface area contributed by atoms with Gasteiger partial charge in [-0.05, 0) is 49.4 Å². The first-order chi connectivity index (χ1) is 17.1. The number of carbonyl (C=O) groups excluding carboxylic acids is 2. The Kier molecular flexibility index (Phi) is 5.69. The van der Waals surface area contributed by atoms with E-state index < -0.39 is 0 Å². The zero-order valence-electron chi connectivity index (χ0n) is 19.1. The number of aromatic nitrogens is 3. The highest BCUT2D eigenvalue weighted by Crippen LogP contribution is 2.33. The lowest BCUT2D eigenvalue weighted by atomic mass is 10.2. The number of ether oxygens (including phenoxy) is 1. The summed E-state index contributed by atoms with van der Waals surface area (Å²) in [7, 11) is 0. The number of benzene rings is 2. The largest absolute Gasteiger partial charge is 0.445 e. The van der Waals surface area contributed by atoms with Crippen LogP contribution in [0.4, 0.5) is 4.79 Å². The van der Waals surface area contributed by atoms with Crippen molar-refractivity contribution >= 4 is 34.4 Å². The molecule has 3 heterocycles. The van der Waals surface area contributed by atoms with E-state index in [9.17, 15) is 9.59 Å². The second-order valence-electron chi connectivity index (χ2n) is 9.03. The van der Waals surface area contributed by atoms with E-state index in [2.05, 4.69) is 15.3 Å². The summed E-state index contributed by atoms with van der Waals surface area (Å²) < 4.78 is 5.57. The molecule has 8 nitrogen and oxygen atoms in total. The molecule has 6 rings (SSSR count). The van der Waals surface area contributed by atoms with Crippen LogP contribution in [0.2, 0.25) is 0 Å². The molecule has 0 bridgehead atoms. The fourth-order valence-electron chi connectivity index (χ4n) is 4.39. The number of fused-ring (bicyclic) bond motifs is 1. The highest BCUT2D eigenvalue weighted by Gasteiger charge is 2.33. The van der Waals surface area contributed by atoms with Crippen molar-refractivity contribution in [3.8, 4) is 10.6 Å². The normalized spacial score (nSPS) is 17.6. The Labute approximate surface area is 206 Å². The van der Waals surface area contributed by atoms with Crippen molar-refractivity contribution in [2.45, 2.75) is 44.4 Å². The lowest BCUT2D eigenvalue weighted by molar-refractivity contribution is 0.0908. The van der Waals surface area contributed by atoms with E-state index in [1.165, 1.54) is 11.3 Å². The smallest absolute Gasteiger partial charge is 0.410 e. The zero-order chi connectivity index (χ0) is 23.8. The van der Waals surface area contributed by atoms with Gasteiger partial charge in [0.15, 0.2) is 0 Å². The van der Waals surface area contributed by atoms with Crippen molar-refractivity contribution in [2.75, 3.05) is 6.54 Å². The van der Waals surface area contributed by atoms with Crippen LogP contribution in [0.3, 0.4) is 0 Å². The molecule has 1 saturated heterocycles. The number of nitrogens with one attached hydrogen (secondary N) is 2. The van der Waals surface area contributed by atoms with Gasteiger partial charge in [-0.3, -0.25) is 9.69 Å². The van der Waals surface area contributed by atoms with Gasteiger partial charge in [0.1, 0.15) is 23.1 Å². The van der Waals surface area contributed by atoms with E-state index in [1.54, 1.807) is 10.3 Å². The Morgan fingerprint density at radius 2 is 1.97 bits per heavy atom. The molecule has 1 aliphatic carbocycles. The summed E-state index contributed by atoms with van der Waals surface area (Å²) in [5, 5.41) is 5.56. The predicted octanol–water partition coefficient (Wildman–Crippen LogP) is 5.05. The third-order valence-corrected chi connectivity index (χ3v) is 7.30. The molecule has 1 unspecified atom stereocenters. The number of likely N-dealkylation sites (tertiary alicyclic amines) is 1. The molecule has 2 N–H and O–H groups in total. The Hall–Kier alpha value is -3.72. The van der Waals surface area contributed by atoms with Gasteiger partial charge < -0.3 is 15.0 Å². The SMILES string of the molecule is O=C(NC1CC1)c1csc(-c2ccc3nc(C4CCCN4C(=O)OCc4ccccc4)[nH]c3c2)n1. The van der Waals surface area contributed by atoms with Crippen LogP contribution in [0.25, 0.3) is 21.6 Å². The molecule has 1 saturated carbocycles. The number of aromatic amines is 1. The maximum atomic E-state index is 12.8. The summed E-state index contributed by atoms with van der Waals surface area (Å²) in [6.07, 6.45) is 3.50. The van der Waals surface area contributed by atoms with E-state index in [-0.39, 0.29) is 24.6 Å². The van der Waals surface area contributed by atoms with Crippen molar-refractivity contribution in [3.05, 3.63) is 71.0 Å². The number of hydrogen-bond acceptors (Lipinski definition) is 6. The number of carbonyl (C=O) groups is 2. The Balaban J connectivity index is 1.18. The van der Waals surface area contributed by atoms with E-state index in [0.717, 1.165) is 58.7 Å². The quantitative estimate of drug-likeness (QED) is 0.396. The molecule has 2 fully saturated rings. The molecule has 2 amide bonds.